The number of benzene rings is 9. The van der Waals surface area contributed by atoms with Crippen LogP contribution in [-0.4, -0.2) is 0 Å². The highest BCUT2D eigenvalue weighted by molar-refractivity contribution is 6.16. The van der Waals surface area contributed by atoms with Gasteiger partial charge in [0.15, 0.2) is 0 Å². The number of nitrogens with zero attached hydrogens (tertiary/aromatic N) is 1. The van der Waals surface area contributed by atoms with Gasteiger partial charge in [-0.3, -0.25) is 0 Å². The van der Waals surface area contributed by atoms with E-state index in [2.05, 4.69) is 217 Å². The molecular formula is C50H35N. The Labute approximate surface area is 299 Å². The predicted octanol–water partition coefficient (Wildman–Crippen LogP) is 14.1. The number of anilines is 3. The minimum absolute atomic E-state index is 1.10. The summed E-state index contributed by atoms with van der Waals surface area (Å²) in [6.07, 6.45) is 0. The molecule has 0 aromatic heterocycles. The topological polar surface area (TPSA) is 3.24 Å². The molecule has 0 spiro atoms. The molecule has 0 unspecified atom stereocenters. The molecule has 0 N–H and O–H groups in total. The Hall–Kier alpha value is -6.70. The zero-order chi connectivity index (χ0) is 34.0. The van der Waals surface area contributed by atoms with Crippen molar-refractivity contribution in [1.82, 2.24) is 0 Å². The number of fused-ring (bicyclic) bond motifs is 3. The zero-order valence-electron chi connectivity index (χ0n) is 28.2. The molecule has 0 aliphatic heterocycles. The molecule has 0 radical (unpaired) electrons. The van der Waals surface area contributed by atoms with Crippen molar-refractivity contribution in [3.8, 4) is 44.5 Å². The summed E-state index contributed by atoms with van der Waals surface area (Å²) in [6.45, 7) is 0. The average Bonchev–Trinajstić information content (AvgIpc) is 3.22. The lowest BCUT2D eigenvalue weighted by Gasteiger charge is -2.29. The van der Waals surface area contributed by atoms with E-state index in [1.54, 1.807) is 0 Å². The van der Waals surface area contributed by atoms with Gasteiger partial charge in [-0.2, -0.15) is 0 Å². The summed E-state index contributed by atoms with van der Waals surface area (Å²) in [5, 5.41) is 5.01. The van der Waals surface area contributed by atoms with Crippen LogP contribution in [0.4, 0.5) is 17.1 Å². The maximum Gasteiger partial charge on any atom is 0.0474 e. The van der Waals surface area contributed by atoms with Gasteiger partial charge in [-0.15, -0.1) is 0 Å². The van der Waals surface area contributed by atoms with E-state index in [-0.39, 0.29) is 0 Å². The molecule has 9 rings (SSSR count). The minimum atomic E-state index is 1.10. The summed E-state index contributed by atoms with van der Waals surface area (Å²) in [5.41, 5.74) is 12.9. The van der Waals surface area contributed by atoms with Gasteiger partial charge in [0.25, 0.3) is 0 Å². The molecule has 0 saturated heterocycles. The molecule has 0 saturated carbocycles. The Morgan fingerprint density at radius 2 is 0.686 bits per heavy atom. The van der Waals surface area contributed by atoms with Gasteiger partial charge in [-0.25, -0.2) is 0 Å². The lowest BCUT2D eigenvalue weighted by Crippen LogP contribution is -2.10. The first-order valence-corrected chi connectivity index (χ1v) is 17.5. The summed E-state index contributed by atoms with van der Waals surface area (Å²) < 4.78 is 0. The quantitative estimate of drug-likeness (QED) is 0.155. The number of hydrogen-bond donors (Lipinski definition) is 0. The molecule has 9 aromatic carbocycles. The van der Waals surface area contributed by atoms with E-state index in [0.717, 1.165) is 17.1 Å². The molecular weight excluding hydrogens is 615 g/mol. The van der Waals surface area contributed by atoms with Gasteiger partial charge in [0, 0.05) is 17.1 Å². The van der Waals surface area contributed by atoms with Crippen molar-refractivity contribution < 1.29 is 0 Å². The van der Waals surface area contributed by atoms with Crippen LogP contribution in [-0.2, 0) is 0 Å². The van der Waals surface area contributed by atoms with Crippen LogP contribution in [0.3, 0.4) is 0 Å². The Morgan fingerprint density at radius 1 is 0.255 bits per heavy atom. The van der Waals surface area contributed by atoms with Gasteiger partial charge in [0.2, 0.25) is 0 Å². The molecule has 0 fully saturated rings. The van der Waals surface area contributed by atoms with E-state index in [9.17, 15) is 0 Å². The standard InChI is InChI=1S/C50H35N/c1-5-17-36(18-6-1)37-29-31-42(32-30-37)51(41-24-11-4-12-25-41)43-34-47(38-19-7-2-8-20-38)50(48(35-43)39-21-9-3-10-22-39)49-33-40-23-13-14-26-44(40)45-27-15-16-28-46(45)49/h1-35H. The fourth-order valence-corrected chi connectivity index (χ4v) is 7.46. The van der Waals surface area contributed by atoms with Gasteiger partial charge < -0.3 is 4.90 Å². The third kappa shape index (κ3) is 5.75. The monoisotopic (exact) mass is 649 g/mol. The molecule has 1 nitrogen and oxygen atoms in total. The van der Waals surface area contributed by atoms with Crippen LogP contribution in [0.15, 0.2) is 212 Å². The third-order valence-corrected chi connectivity index (χ3v) is 9.84. The normalized spacial score (nSPS) is 11.1. The second-order valence-electron chi connectivity index (χ2n) is 12.9. The average molecular weight is 650 g/mol. The van der Waals surface area contributed by atoms with Crippen molar-refractivity contribution >= 4 is 38.6 Å². The Kier molecular flexibility index (Phi) is 7.92. The Bertz CT molecular complexity index is 2530. The van der Waals surface area contributed by atoms with Crippen LogP contribution in [0, 0.1) is 0 Å². The summed E-state index contributed by atoms with van der Waals surface area (Å²) in [4.78, 5) is 2.38. The summed E-state index contributed by atoms with van der Waals surface area (Å²) >= 11 is 0. The smallest absolute Gasteiger partial charge is 0.0474 e. The van der Waals surface area contributed by atoms with E-state index in [4.69, 9.17) is 0 Å². The molecule has 0 aliphatic rings. The van der Waals surface area contributed by atoms with E-state index in [1.165, 1.54) is 66.1 Å². The van der Waals surface area contributed by atoms with Crippen LogP contribution < -0.4 is 4.90 Å². The van der Waals surface area contributed by atoms with Crippen LogP contribution in [0.1, 0.15) is 0 Å². The molecule has 240 valence electrons. The van der Waals surface area contributed by atoms with E-state index in [0.29, 0.717) is 0 Å². The fourth-order valence-electron chi connectivity index (χ4n) is 7.46. The number of para-hydroxylation sites is 1. The summed E-state index contributed by atoms with van der Waals surface area (Å²) in [7, 11) is 0. The van der Waals surface area contributed by atoms with Crippen molar-refractivity contribution in [1.29, 1.82) is 0 Å². The molecule has 0 bridgehead atoms. The highest BCUT2D eigenvalue weighted by Gasteiger charge is 2.22. The maximum atomic E-state index is 2.39. The molecule has 0 amide bonds. The SMILES string of the molecule is c1ccc(-c2ccc(N(c3ccccc3)c3cc(-c4ccccc4)c(-c4cc5ccccc5c5ccccc45)c(-c4ccccc4)c3)cc2)cc1. The second-order valence-corrected chi connectivity index (χ2v) is 12.9. The minimum Gasteiger partial charge on any atom is -0.310 e. The van der Waals surface area contributed by atoms with Gasteiger partial charge in [0.1, 0.15) is 0 Å². The van der Waals surface area contributed by atoms with Crippen LogP contribution >= 0.6 is 0 Å². The second kappa shape index (κ2) is 13.3. The van der Waals surface area contributed by atoms with E-state index in [1.807, 2.05) is 0 Å². The van der Waals surface area contributed by atoms with E-state index < -0.39 is 0 Å². The van der Waals surface area contributed by atoms with Gasteiger partial charge in [0.05, 0.1) is 0 Å². The number of hydrogen-bond acceptors (Lipinski definition) is 1. The van der Waals surface area contributed by atoms with Crippen molar-refractivity contribution in [2.24, 2.45) is 0 Å². The van der Waals surface area contributed by atoms with Gasteiger partial charge >= 0.3 is 0 Å². The van der Waals surface area contributed by atoms with Crippen LogP contribution in [0.25, 0.3) is 66.1 Å². The first-order chi connectivity index (χ1) is 25.3. The zero-order valence-corrected chi connectivity index (χ0v) is 28.2. The molecule has 0 heterocycles. The fraction of sp³-hybridized carbons (Fsp3) is 0. The first-order valence-electron chi connectivity index (χ1n) is 17.5. The Morgan fingerprint density at radius 3 is 1.27 bits per heavy atom. The lowest BCUT2D eigenvalue weighted by atomic mass is 9.83. The molecule has 9 aromatic rings. The molecule has 1 heteroatoms. The van der Waals surface area contributed by atoms with Gasteiger partial charge in [-0.05, 0) is 109 Å². The third-order valence-electron chi connectivity index (χ3n) is 9.84. The summed E-state index contributed by atoms with van der Waals surface area (Å²) in [6, 6.07) is 76.7. The molecule has 0 aliphatic carbocycles. The largest absolute Gasteiger partial charge is 0.310 e. The Balaban J connectivity index is 1.36. The van der Waals surface area contributed by atoms with E-state index >= 15 is 0 Å². The van der Waals surface area contributed by atoms with Crippen molar-refractivity contribution in [2.45, 2.75) is 0 Å². The lowest BCUT2D eigenvalue weighted by molar-refractivity contribution is 1.28. The van der Waals surface area contributed by atoms with Crippen LogP contribution in [0.2, 0.25) is 0 Å². The van der Waals surface area contributed by atoms with Crippen molar-refractivity contribution in [3.05, 3.63) is 212 Å². The predicted molar refractivity (Wildman–Crippen MR) is 218 cm³/mol. The van der Waals surface area contributed by atoms with Crippen molar-refractivity contribution in [2.75, 3.05) is 4.90 Å². The summed E-state index contributed by atoms with van der Waals surface area (Å²) in [5.74, 6) is 0. The maximum absolute atomic E-state index is 2.39. The van der Waals surface area contributed by atoms with Crippen LogP contribution in [0.5, 0.6) is 0 Å². The molecule has 51 heavy (non-hydrogen) atoms. The van der Waals surface area contributed by atoms with Gasteiger partial charge in [-0.1, -0.05) is 170 Å². The molecule has 0 atom stereocenters. The van der Waals surface area contributed by atoms with Crippen molar-refractivity contribution in [3.63, 3.8) is 0 Å². The number of rotatable bonds is 7. The highest BCUT2D eigenvalue weighted by atomic mass is 15.1. The highest BCUT2D eigenvalue weighted by Crippen LogP contribution is 2.48. The first kappa shape index (κ1) is 30.4.